The average molecular weight is 339 g/mol. The molecule has 1 atom stereocenters. The minimum atomic E-state index is -3.70. The lowest BCUT2D eigenvalue weighted by Crippen LogP contribution is -2.47. The number of amides is 1. The molecular formula is C11H21N3O5S2. The molecular weight excluding hydrogens is 318 g/mol. The minimum absolute atomic E-state index is 0.0624. The molecule has 1 aliphatic carbocycles. The second-order valence-electron chi connectivity index (χ2n) is 5.59. The monoisotopic (exact) mass is 339 g/mol. The summed E-state index contributed by atoms with van der Waals surface area (Å²) >= 11 is 0. The molecule has 122 valence electrons. The Morgan fingerprint density at radius 2 is 1.76 bits per heavy atom. The summed E-state index contributed by atoms with van der Waals surface area (Å²) in [5.41, 5.74) is 0. The van der Waals surface area contributed by atoms with Crippen molar-refractivity contribution in [1.29, 1.82) is 0 Å². The van der Waals surface area contributed by atoms with Crippen molar-refractivity contribution in [3.8, 4) is 0 Å². The molecule has 0 aromatic carbocycles. The molecule has 0 radical (unpaired) electrons. The zero-order valence-electron chi connectivity index (χ0n) is 11.7. The smallest absolute Gasteiger partial charge is 0.277 e. The molecule has 1 saturated carbocycles. The SMILES string of the molecule is O=C(CNS(=O)(=O)NC1CCCC1)NC1CCS(=O)(=O)C1. The maximum absolute atomic E-state index is 11.7. The van der Waals surface area contributed by atoms with E-state index in [4.69, 9.17) is 0 Å². The molecule has 1 unspecified atom stereocenters. The standard InChI is InChI=1S/C11H21N3O5S2/c15-11(13-10-5-6-20(16,17)8-10)7-12-21(18,19)14-9-3-1-2-4-9/h9-10,12,14H,1-8H2,(H,13,15). The van der Waals surface area contributed by atoms with Crippen LogP contribution in [0.2, 0.25) is 0 Å². The average Bonchev–Trinajstić information content (AvgIpc) is 2.96. The summed E-state index contributed by atoms with van der Waals surface area (Å²) in [5.74, 6) is -0.535. The maximum Gasteiger partial charge on any atom is 0.277 e. The van der Waals surface area contributed by atoms with Gasteiger partial charge < -0.3 is 5.32 Å². The van der Waals surface area contributed by atoms with Gasteiger partial charge in [0, 0.05) is 12.1 Å². The van der Waals surface area contributed by atoms with Crippen LogP contribution in [0.3, 0.4) is 0 Å². The quantitative estimate of drug-likeness (QED) is 0.553. The van der Waals surface area contributed by atoms with Crippen molar-refractivity contribution >= 4 is 26.0 Å². The lowest BCUT2D eigenvalue weighted by Gasteiger charge is -2.14. The van der Waals surface area contributed by atoms with Crippen molar-refractivity contribution in [2.45, 2.75) is 44.2 Å². The van der Waals surface area contributed by atoms with E-state index in [1.54, 1.807) is 0 Å². The van der Waals surface area contributed by atoms with Crippen LogP contribution in [0.5, 0.6) is 0 Å². The topological polar surface area (TPSA) is 121 Å². The first-order valence-electron chi connectivity index (χ1n) is 7.02. The number of sulfone groups is 1. The van der Waals surface area contributed by atoms with Gasteiger partial charge in [-0.05, 0) is 19.3 Å². The lowest BCUT2D eigenvalue weighted by atomic mass is 10.2. The van der Waals surface area contributed by atoms with Gasteiger partial charge in [-0.2, -0.15) is 17.9 Å². The predicted molar refractivity (Wildman–Crippen MR) is 77.5 cm³/mol. The van der Waals surface area contributed by atoms with Gasteiger partial charge in [0.25, 0.3) is 10.2 Å². The number of rotatable bonds is 6. The van der Waals surface area contributed by atoms with Gasteiger partial charge in [0.05, 0.1) is 18.1 Å². The van der Waals surface area contributed by atoms with Crippen molar-refractivity contribution < 1.29 is 21.6 Å². The molecule has 0 aromatic rings. The summed E-state index contributed by atoms with van der Waals surface area (Å²) < 4.78 is 50.7. The van der Waals surface area contributed by atoms with E-state index in [9.17, 15) is 21.6 Å². The van der Waals surface area contributed by atoms with Gasteiger partial charge in [-0.3, -0.25) is 4.79 Å². The molecule has 1 heterocycles. The Bertz CT molecular complexity index is 581. The van der Waals surface area contributed by atoms with Gasteiger partial charge in [-0.1, -0.05) is 12.8 Å². The second-order valence-corrected chi connectivity index (χ2v) is 9.35. The van der Waals surface area contributed by atoms with Crippen LogP contribution in [0.15, 0.2) is 0 Å². The second kappa shape index (κ2) is 6.59. The van der Waals surface area contributed by atoms with Gasteiger partial charge in [-0.25, -0.2) is 8.42 Å². The van der Waals surface area contributed by atoms with Crippen LogP contribution in [0.4, 0.5) is 0 Å². The van der Waals surface area contributed by atoms with Gasteiger partial charge in [0.15, 0.2) is 9.84 Å². The van der Waals surface area contributed by atoms with Gasteiger partial charge in [0.1, 0.15) is 0 Å². The number of carbonyl (C=O) groups excluding carboxylic acids is 1. The summed E-state index contributed by atoms with van der Waals surface area (Å²) in [7, 11) is -6.76. The Hall–Kier alpha value is -0.710. The van der Waals surface area contributed by atoms with E-state index in [0.717, 1.165) is 25.7 Å². The van der Waals surface area contributed by atoms with Gasteiger partial charge >= 0.3 is 0 Å². The van der Waals surface area contributed by atoms with Crippen LogP contribution in [-0.2, 0) is 24.8 Å². The maximum atomic E-state index is 11.7. The summed E-state index contributed by atoms with van der Waals surface area (Å²) in [6.45, 7) is -0.390. The first-order valence-corrected chi connectivity index (χ1v) is 10.3. The number of hydrogen-bond donors (Lipinski definition) is 3. The molecule has 10 heteroatoms. The lowest BCUT2D eigenvalue weighted by molar-refractivity contribution is -0.120. The molecule has 21 heavy (non-hydrogen) atoms. The fraction of sp³-hybridized carbons (Fsp3) is 0.909. The largest absolute Gasteiger partial charge is 0.351 e. The van der Waals surface area contributed by atoms with E-state index in [-0.39, 0.29) is 17.5 Å². The van der Waals surface area contributed by atoms with Crippen molar-refractivity contribution in [2.24, 2.45) is 0 Å². The summed E-state index contributed by atoms with van der Waals surface area (Å²) in [4.78, 5) is 11.6. The van der Waals surface area contributed by atoms with E-state index in [0.29, 0.717) is 6.42 Å². The summed E-state index contributed by atoms with van der Waals surface area (Å²) in [5, 5.41) is 2.53. The van der Waals surface area contributed by atoms with E-state index >= 15 is 0 Å². The van der Waals surface area contributed by atoms with Crippen LogP contribution < -0.4 is 14.8 Å². The Kier molecular flexibility index (Phi) is 5.23. The van der Waals surface area contributed by atoms with E-state index in [1.807, 2.05) is 0 Å². The number of carbonyl (C=O) groups is 1. The van der Waals surface area contributed by atoms with E-state index in [2.05, 4.69) is 14.8 Å². The Balaban J connectivity index is 1.73. The van der Waals surface area contributed by atoms with Gasteiger partial charge in [-0.15, -0.1) is 0 Å². The number of nitrogens with one attached hydrogen (secondary N) is 3. The normalized spacial score (nSPS) is 26.0. The van der Waals surface area contributed by atoms with Crippen molar-refractivity contribution in [3.63, 3.8) is 0 Å². The van der Waals surface area contributed by atoms with E-state index in [1.165, 1.54) is 0 Å². The highest BCUT2D eigenvalue weighted by atomic mass is 32.2. The van der Waals surface area contributed by atoms with Gasteiger partial charge in [0.2, 0.25) is 5.91 Å². The third-order valence-electron chi connectivity index (χ3n) is 3.70. The first kappa shape index (κ1) is 16.7. The van der Waals surface area contributed by atoms with Crippen LogP contribution in [0, 0.1) is 0 Å². The number of hydrogen-bond acceptors (Lipinski definition) is 5. The van der Waals surface area contributed by atoms with Crippen LogP contribution in [0.25, 0.3) is 0 Å². The molecule has 8 nitrogen and oxygen atoms in total. The Morgan fingerprint density at radius 1 is 1.10 bits per heavy atom. The molecule has 2 aliphatic rings. The summed E-state index contributed by atoms with van der Waals surface area (Å²) in [6.07, 6.45) is 4.01. The van der Waals surface area contributed by atoms with E-state index < -0.39 is 38.5 Å². The molecule has 2 rings (SSSR count). The zero-order chi connectivity index (χ0) is 15.5. The van der Waals surface area contributed by atoms with Crippen LogP contribution in [-0.4, -0.2) is 52.9 Å². The molecule has 1 amide bonds. The van der Waals surface area contributed by atoms with Crippen molar-refractivity contribution in [1.82, 2.24) is 14.8 Å². The Labute approximate surface area is 125 Å². The highest BCUT2D eigenvalue weighted by Gasteiger charge is 2.29. The van der Waals surface area contributed by atoms with Crippen LogP contribution >= 0.6 is 0 Å². The molecule has 2 fully saturated rings. The minimum Gasteiger partial charge on any atom is -0.351 e. The third-order valence-corrected chi connectivity index (χ3v) is 6.63. The molecule has 0 aromatic heterocycles. The Morgan fingerprint density at radius 3 is 2.33 bits per heavy atom. The molecule has 1 saturated heterocycles. The fourth-order valence-corrected chi connectivity index (χ4v) is 5.41. The fourth-order valence-electron chi connectivity index (χ4n) is 2.65. The van der Waals surface area contributed by atoms with Crippen molar-refractivity contribution in [2.75, 3.05) is 18.1 Å². The zero-order valence-corrected chi connectivity index (χ0v) is 13.3. The molecule has 0 bridgehead atoms. The highest BCUT2D eigenvalue weighted by molar-refractivity contribution is 7.91. The van der Waals surface area contributed by atoms with Crippen molar-refractivity contribution in [3.05, 3.63) is 0 Å². The third kappa shape index (κ3) is 5.53. The molecule has 3 N–H and O–H groups in total. The summed E-state index contributed by atoms with van der Waals surface area (Å²) in [6, 6.07) is -0.486. The molecule has 0 spiro atoms. The predicted octanol–water partition coefficient (Wildman–Crippen LogP) is -1.34. The molecule has 1 aliphatic heterocycles. The first-order chi connectivity index (χ1) is 9.76. The highest BCUT2D eigenvalue weighted by Crippen LogP contribution is 2.18. The van der Waals surface area contributed by atoms with Crippen LogP contribution in [0.1, 0.15) is 32.1 Å².